The van der Waals surface area contributed by atoms with Gasteiger partial charge in [-0.25, -0.2) is 0 Å². The summed E-state index contributed by atoms with van der Waals surface area (Å²) in [7, 11) is 0. The van der Waals surface area contributed by atoms with Crippen molar-refractivity contribution in [3.8, 4) is 0 Å². The summed E-state index contributed by atoms with van der Waals surface area (Å²) in [5, 5.41) is 120. The molecule has 1 amide bonds. The molecule has 3 aliphatic heterocycles. The molecule has 0 bridgehead atoms. The van der Waals surface area contributed by atoms with E-state index in [0.717, 1.165) is 57.8 Å². The van der Waals surface area contributed by atoms with Crippen LogP contribution in [0.15, 0.2) is 97.2 Å². The summed E-state index contributed by atoms with van der Waals surface area (Å²) in [6.45, 7) is 1.52. The summed E-state index contributed by atoms with van der Waals surface area (Å²) in [6, 6.07) is -1.03. The molecule has 3 rings (SSSR count). The van der Waals surface area contributed by atoms with E-state index in [4.69, 9.17) is 28.4 Å². The largest absolute Gasteiger partial charge is 0.394 e. The van der Waals surface area contributed by atoms with E-state index in [2.05, 4.69) is 92.1 Å². The number of aliphatic hydroxyl groups is 11. The molecule has 84 heavy (non-hydrogen) atoms. The molecule has 0 aromatic heterocycles. The van der Waals surface area contributed by atoms with Crippen LogP contribution in [0.2, 0.25) is 0 Å². The molecule has 3 saturated heterocycles. The van der Waals surface area contributed by atoms with E-state index in [0.29, 0.717) is 19.3 Å². The monoisotopic (exact) mass is 1190 g/mol. The zero-order valence-electron chi connectivity index (χ0n) is 50.3. The second-order valence-corrected chi connectivity index (χ2v) is 22.1. The Labute approximate surface area is 501 Å². The molecule has 0 spiro atoms. The van der Waals surface area contributed by atoms with Crippen LogP contribution in [0.5, 0.6) is 0 Å². The van der Waals surface area contributed by atoms with Gasteiger partial charge >= 0.3 is 0 Å². The first-order chi connectivity index (χ1) is 40.8. The van der Waals surface area contributed by atoms with E-state index in [1.165, 1.54) is 77.0 Å². The third-order valence-electron chi connectivity index (χ3n) is 15.1. The Hall–Kier alpha value is -3.29. The van der Waals surface area contributed by atoms with Crippen LogP contribution in [0.4, 0.5) is 0 Å². The molecule has 0 aliphatic carbocycles. The standard InChI is InChI=1S/C65H109NO18/c1-3-5-7-9-11-13-15-17-19-21-22-23-24-25-27-28-30-32-34-36-38-40-42-49(70)48(66-53(71)43-41-39-37-35-33-31-29-26-20-18-16-14-12-10-8-6-4-2)47-79-63-59(77)56(74)61(51(45-68)81-63)84-65-60(78)57(75)62(52(46-69)82-65)83-64-58(76)55(73)54(72)50(44-67)80-64/h6,8,12,14,18,20,25,27,29,31-32,34-35,37,40,42,48-52,54-65,67-70,72-78H,3-5,7,9-11,13,15-17,19,21-24,26,28,30,33,36,38-39,41,43-47H2,1-2H3,(H,66,71)/b8-6-,14-12-,20-18-,27-25+,31-29-,34-32+,37-35-,42-40+. The van der Waals surface area contributed by atoms with Crippen molar-refractivity contribution in [1.29, 1.82) is 0 Å². The van der Waals surface area contributed by atoms with Gasteiger partial charge < -0.3 is 89.9 Å². The highest BCUT2D eigenvalue weighted by Gasteiger charge is 2.53. The van der Waals surface area contributed by atoms with Gasteiger partial charge in [-0.2, -0.15) is 0 Å². The minimum Gasteiger partial charge on any atom is -0.394 e. The summed E-state index contributed by atoms with van der Waals surface area (Å²) >= 11 is 0. The second kappa shape index (κ2) is 46.8. The number of rotatable bonds is 45. The van der Waals surface area contributed by atoms with Crippen LogP contribution in [0.25, 0.3) is 0 Å². The molecule has 19 heteroatoms. The fourth-order valence-electron chi connectivity index (χ4n) is 9.96. The van der Waals surface area contributed by atoms with Gasteiger partial charge in [0.2, 0.25) is 5.91 Å². The van der Waals surface area contributed by atoms with Crippen molar-refractivity contribution in [3.63, 3.8) is 0 Å². The summed E-state index contributed by atoms with van der Waals surface area (Å²) in [4.78, 5) is 13.3. The maximum absolute atomic E-state index is 13.3. The lowest BCUT2D eigenvalue weighted by atomic mass is 9.96. The van der Waals surface area contributed by atoms with Crippen LogP contribution in [-0.2, 0) is 33.2 Å². The molecule has 482 valence electrons. The van der Waals surface area contributed by atoms with Crippen molar-refractivity contribution in [1.82, 2.24) is 5.32 Å². The number of nitrogens with one attached hydrogen (secondary N) is 1. The van der Waals surface area contributed by atoms with Gasteiger partial charge in [0.05, 0.1) is 38.6 Å². The Morgan fingerprint density at radius 2 is 0.833 bits per heavy atom. The molecule has 12 N–H and O–H groups in total. The quantitative estimate of drug-likeness (QED) is 0.0228. The van der Waals surface area contributed by atoms with Gasteiger partial charge in [-0.3, -0.25) is 4.79 Å². The smallest absolute Gasteiger partial charge is 0.220 e. The van der Waals surface area contributed by atoms with Crippen LogP contribution in [0.1, 0.15) is 174 Å². The molecule has 0 aromatic rings. The van der Waals surface area contributed by atoms with E-state index >= 15 is 0 Å². The number of allylic oxidation sites excluding steroid dienone is 15. The summed E-state index contributed by atoms with van der Waals surface area (Å²) < 4.78 is 34.2. The zero-order valence-corrected chi connectivity index (χ0v) is 50.3. The lowest BCUT2D eigenvalue weighted by Gasteiger charge is -2.48. The minimum absolute atomic E-state index is 0.148. The minimum atomic E-state index is -1.99. The van der Waals surface area contributed by atoms with Crippen LogP contribution >= 0.6 is 0 Å². The Bertz CT molecular complexity index is 1910. The maximum Gasteiger partial charge on any atom is 0.220 e. The van der Waals surface area contributed by atoms with E-state index in [9.17, 15) is 61.0 Å². The molecule has 17 unspecified atom stereocenters. The molecule has 0 aromatic carbocycles. The van der Waals surface area contributed by atoms with Gasteiger partial charge in [0.1, 0.15) is 73.2 Å². The highest BCUT2D eigenvalue weighted by atomic mass is 16.8. The fraction of sp³-hybridized carbons (Fsp3) is 0.738. The molecule has 17 atom stereocenters. The highest BCUT2D eigenvalue weighted by Crippen LogP contribution is 2.33. The van der Waals surface area contributed by atoms with E-state index in [1.54, 1.807) is 6.08 Å². The second-order valence-electron chi connectivity index (χ2n) is 22.1. The average molecular weight is 1190 g/mol. The first-order valence-corrected chi connectivity index (χ1v) is 31.5. The summed E-state index contributed by atoms with van der Waals surface area (Å²) in [5.41, 5.74) is 0. The van der Waals surface area contributed by atoms with Gasteiger partial charge in [0.15, 0.2) is 18.9 Å². The Morgan fingerprint density at radius 1 is 0.440 bits per heavy atom. The third-order valence-corrected chi connectivity index (χ3v) is 15.1. The molecule has 0 saturated carbocycles. The van der Waals surface area contributed by atoms with Gasteiger partial charge in [-0.1, -0.05) is 182 Å². The zero-order chi connectivity index (χ0) is 61.2. The molecule has 3 aliphatic rings. The van der Waals surface area contributed by atoms with Gasteiger partial charge in [-0.15, -0.1) is 0 Å². The van der Waals surface area contributed by atoms with E-state index in [-0.39, 0.29) is 12.3 Å². The van der Waals surface area contributed by atoms with Crippen LogP contribution < -0.4 is 5.32 Å². The number of aliphatic hydroxyl groups excluding tert-OH is 11. The van der Waals surface area contributed by atoms with Crippen LogP contribution in [-0.4, -0.2) is 193 Å². The number of unbranched alkanes of at least 4 members (excludes halogenated alkanes) is 15. The predicted molar refractivity (Wildman–Crippen MR) is 323 cm³/mol. The average Bonchev–Trinajstić information content (AvgIpc) is 2.82. The summed E-state index contributed by atoms with van der Waals surface area (Å²) in [6.07, 6.45) is 32.5. The lowest BCUT2D eigenvalue weighted by Crippen LogP contribution is -2.66. The van der Waals surface area contributed by atoms with Crippen molar-refractivity contribution < 1.29 is 89.4 Å². The topological polar surface area (TPSA) is 307 Å². The van der Waals surface area contributed by atoms with Crippen LogP contribution in [0.3, 0.4) is 0 Å². The van der Waals surface area contributed by atoms with Gasteiger partial charge in [0.25, 0.3) is 0 Å². The van der Waals surface area contributed by atoms with E-state index < -0.39 is 131 Å². The van der Waals surface area contributed by atoms with Crippen molar-refractivity contribution in [2.75, 3.05) is 26.4 Å². The fourth-order valence-corrected chi connectivity index (χ4v) is 9.96. The molecule has 19 nitrogen and oxygen atoms in total. The Balaban J connectivity index is 1.52. The van der Waals surface area contributed by atoms with Crippen molar-refractivity contribution in [2.45, 2.75) is 279 Å². The van der Waals surface area contributed by atoms with Gasteiger partial charge in [0, 0.05) is 6.42 Å². The number of ether oxygens (including phenoxy) is 6. The predicted octanol–water partition coefficient (Wildman–Crippen LogP) is 6.54. The normalized spacial score (nSPS) is 29.8. The first-order valence-electron chi connectivity index (χ1n) is 31.5. The van der Waals surface area contributed by atoms with Gasteiger partial charge in [-0.05, 0) is 83.5 Å². The molecule has 3 heterocycles. The number of carbonyl (C=O) groups is 1. The first kappa shape index (κ1) is 75.0. The number of amides is 1. The number of carbonyl (C=O) groups excluding carboxylic acids is 1. The molecule has 3 fully saturated rings. The Morgan fingerprint density at radius 3 is 1.33 bits per heavy atom. The molecular weight excluding hydrogens is 1080 g/mol. The maximum atomic E-state index is 13.3. The van der Waals surface area contributed by atoms with Crippen molar-refractivity contribution in [2.24, 2.45) is 0 Å². The Kier molecular flexibility index (Phi) is 41.8. The number of hydrogen-bond acceptors (Lipinski definition) is 18. The lowest BCUT2D eigenvalue weighted by molar-refractivity contribution is -0.379. The summed E-state index contributed by atoms with van der Waals surface area (Å²) in [5.74, 6) is -0.350. The van der Waals surface area contributed by atoms with Crippen LogP contribution in [0, 0.1) is 0 Å². The van der Waals surface area contributed by atoms with Crippen molar-refractivity contribution in [3.05, 3.63) is 97.2 Å². The van der Waals surface area contributed by atoms with Crippen molar-refractivity contribution >= 4 is 5.91 Å². The number of hydrogen-bond donors (Lipinski definition) is 12. The van der Waals surface area contributed by atoms with E-state index in [1.807, 2.05) is 18.2 Å². The molecular formula is C65H109NO18. The SMILES string of the molecule is CC/C=C\C/C=C\C/C=C\C/C=C\C/C=C\CCCC(=O)NC(COC1OC(CO)C(OC2OC(CO)C(OC3OC(CO)C(O)C(O)C3O)C(O)C2O)C(O)C1O)C(O)/C=C/CC/C=C/CC/C=C/CCCCCCCCCCCCCC. The highest BCUT2D eigenvalue weighted by molar-refractivity contribution is 5.76. The third kappa shape index (κ3) is 29.6. The molecule has 0 radical (unpaired) electrons.